The number of ether oxygens (including phenoxy) is 2. The van der Waals surface area contributed by atoms with E-state index < -0.39 is 11.3 Å². The van der Waals surface area contributed by atoms with Crippen LogP contribution in [-0.4, -0.2) is 36.2 Å². The monoisotopic (exact) mass is 432 g/mol. The normalized spacial score (nSPS) is 23.4. The molecule has 32 heavy (non-hydrogen) atoms. The molecule has 166 valence electrons. The molecule has 1 aliphatic heterocycles. The maximum absolute atomic E-state index is 13.6. The molecule has 2 aliphatic rings. The summed E-state index contributed by atoms with van der Waals surface area (Å²) in [7, 11) is 0. The fourth-order valence-corrected chi connectivity index (χ4v) is 5.83. The van der Waals surface area contributed by atoms with E-state index in [0.29, 0.717) is 13.2 Å². The molecule has 0 saturated heterocycles. The zero-order chi connectivity index (χ0) is 22.3. The van der Waals surface area contributed by atoms with Gasteiger partial charge < -0.3 is 19.8 Å². The first-order chi connectivity index (χ1) is 15.6. The summed E-state index contributed by atoms with van der Waals surface area (Å²) in [6, 6.07) is 16.0. The molecule has 0 radical (unpaired) electrons. The van der Waals surface area contributed by atoms with E-state index in [2.05, 4.69) is 22.4 Å². The predicted molar refractivity (Wildman–Crippen MR) is 123 cm³/mol. The lowest BCUT2D eigenvalue weighted by Crippen LogP contribution is -2.50. The Morgan fingerprint density at radius 1 is 1.03 bits per heavy atom. The quantitative estimate of drug-likeness (QED) is 0.583. The van der Waals surface area contributed by atoms with Crippen LogP contribution in [-0.2, 0) is 30.9 Å². The van der Waals surface area contributed by atoms with Crippen LogP contribution >= 0.6 is 0 Å². The molecule has 3 aromatic rings. The van der Waals surface area contributed by atoms with E-state index in [-0.39, 0.29) is 24.4 Å². The number of para-hydroxylation sites is 2. The molecule has 2 heterocycles. The maximum Gasteiger partial charge on any atom is 0.315 e. The summed E-state index contributed by atoms with van der Waals surface area (Å²) in [5.74, 6) is -1.07. The van der Waals surface area contributed by atoms with Crippen LogP contribution in [0.25, 0.3) is 10.9 Å². The number of rotatable bonds is 5. The van der Waals surface area contributed by atoms with Crippen molar-refractivity contribution in [3.05, 3.63) is 65.4 Å². The lowest BCUT2D eigenvalue weighted by molar-refractivity contribution is -0.149. The Morgan fingerprint density at radius 2 is 1.78 bits per heavy atom. The number of carbonyl (C=O) groups is 2. The van der Waals surface area contributed by atoms with E-state index in [1.807, 2.05) is 50.2 Å². The first kappa shape index (κ1) is 20.6. The molecule has 0 bridgehead atoms. The highest BCUT2D eigenvalue weighted by atomic mass is 16.5. The maximum atomic E-state index is 13.6. The van der Waals surface area contributed by atoms with Crippen LogP contribution in [0.1, 0.15) is 49.4 Å². The van der Waals surface area contributed by atoms with Crippen LogP contribution in [0.4, 0.5) is 5.69 Å². The van der Waals surface area contributed by atoms with Crippen molar-refractivity contribution in [3.63, 3.8) is 0 Å². The zero-order valence-corrected chi connectivity index (χ0v) is 18.4. The molecule has 3 unspecified atom stereocenters. The van der Waals surface area contributed by atoms with Gasteiger partial charge in [-0.05, 0) is 49.9 Å². The summed E-state index contributed by atoms with van der Waals surface area (Å²) in [5.41, 5.74) is 4.52. The molecule has 1 aliphatic carbocycles. The van der Waals surface area contributed by atoms with Crippen LogP contribution < -0.4 is 5.32 Å². The number of anilines is 1. The largest absolute Gasteiger partial charge is 0.466 e. The molecule has 1 aromatic heterocycles. The Morgan fingerprint density at radius 3 is 2.59 bits per heavy atom. The van der Waals surface area contributed by atoms with Gasteiger partial charge in [0.15, 0.2) is 0 Å². The number of nitrogens with one attached hydrogen (secondary N) is 2. The summed E-state index contributed by atoms with van der Waals surface area (Å²) in [5, 5.41) is 4.70. The first-order valence-electron chi connectivity index (χ1n) is 11.4. The first-order valence-corrected chi connectivity index (χ1v) is 11.4. The Kier molecular flexibility index (Phi) is 5.16. The number of fused-ring (bicyclic) bond motifs is 5. The fraction of sp³-hybridized carbons (Fsp3) is 0.385. The number of hydrogen-bond acceptors (Lipinski definition) is 5. The SMILES string of the molecule is CCOC(=O)CC1Nc2ccccc2C12CCc1c([nH]c3ccccc13)C2C(=O)OCC. The van der Waals surface area contributed by atoms with Gasteiger partial charge in [0, 0.05) is 33.7 Å². The average molecular weight is 433 g/mol. The van der Waals surface area contributed by atoms with Crippen molar-refractivity contribution in [1.82, 2.24) is 4.98 Å². The third kappa shape index (κ3) is 3.00. The number of aryl methyl sites for hydroxylation is 1. The zero-order valence-electron chi connectivity index (χ0n) is 18.4. The molecule has 2 aromatic carbocycles. The van der Waals surface area contributed by atoms with Crippen LogP contribution in [0, 0.1) is 0 Å². The predicted octanol–water partition coefficient (Wildman–Crippen LogP) is 4.45. The Hall–Kier alpha value is -3.28. The summed E-state index contributed by atoms with van der Waals surface area (Å²) >= 11 is 0. The number of H-pyrrole nitrogens is 1. The lowest BCUT2D eigenvalue weighted by Gasteiger charge is -2.44. The second-order valence-corrected chi connectivity index (χ2v) is 8.54. The van der Waals surface area contributed by atoms with Gasteiger partial charge in [0.1, 0.15) is 5.92 Å². The van der Waals surface area contributed by atoms with Gasteiger partial charge in [0.2, 0.25) is 0 Å². The summed E-state index contributed by atoms with van der Waals surface area (Å²) in [6.45, 7) is 4.28. The fourth-order valence-electron chi connectivity index (χ4n) is 5.83. The van der Waals surface area contributed by atoms with Crippen LogP contribution in [0.5, 0.6) is 0 Å². The molecular formula is C26H28N2O4. The van der Waals surface area contributed by atoms with Crippen molar-refractivity contribution < 1.29 is 19.1 Å². The molecule has 6 heteroatoms. The van der Waals surface area contributed by atoms with Gasteiger partial charge in [-0.25, -0.2) is 0 Å². The van der Waals surface area contributed by atoms with E-state index in [0.717, 1.165) is 40.7 Å². The second kappa shape index (κ2) is 8.01. The topological polar surface area (TPSA) is 80.4 Å². The number of aromatic amines is 1. The highest BCUT2D eigenvalue weighted by Crippen LogP contribution is 2.57. The van der Waals surface area contributed by atoms with E-state index >= 15 is 0 Å². The van der Waals surface area contributed by atoms with Gasteiger partial charge in [-0.3, -0.25) is 9.59 Å². The molecule has 6 nitrogen and oxygen atoms in total. The number of hydrogen-bond donors (Lipinski definition) is 2. The van der Waals surface area contributed by atoms with Crippen LogP contribution in [0.15, 0.2) is 48.5 Å². The van der Waals surface area contributed by atoms with Crippen molar-refractivity contribution in [2.24, 2.45) is 0 Å². The minimum absolute atomic E-state index is 0.188. The highest BCUT2D eigenvalue weighted by molar-refractivity contribution is 5.91. The Balaban J connectivity index is 1.71. The van der Waals surface area contributed by atoms with Crippen molar-refractivity contribution in [2.75, 3.05) is 18.5 Å². The van der Waals surface area contributed by atoms with E-state index in [1.54, 1.807) is 0 Å². The molecule has 5 rings (SSSR count). The van der Waals surface area contributed by atoms with Gasteiger partial charge >= 0.3 is 11.9 Å². The lowest BCUT2D eigenvalue weighted by atomic mass is 9.59. The average Bonchev–Trinajstić information content (AvgIpc) is 3.30. The van der Waals surface area contributed by atoms with Gasteiger partial charge in [-0.1, -0.05) is 36.4 Å². The van der Waals surface area contributed by atoms with Crippen molar-refractivity contribution in [1.29, 1.82) is 0 Å². The summed E-state index contributed by atoms with van der Waals surface area (Å²) in [6.07, 6.45) is 1.73. The standard InChI is InChI=1S/C26H28N2O4/c1-3-31-22(29)15-21-26(18-10-6-8-12-20(18)27-21)14-13-17-16-9-5-7-11-19(16)28-24(17)23(26)25(30)32-4-2/h5-12,21,23,27-28H,3-4,13-15H2,1-2H3. The van der Waals surface area contributed by atoms with Gasteiger partial charge in [0.25, 0.3) is 0 Å². The Labute approximate surface area is 187 Å². The number of benzene rings is 2. The molecule has 3 atom stereocenters. The number of carbonyl (C=O) groups excluding carboxylic acids is 2. The molecule has 0 fully saturated rings. The molecule has 2 N–H and O–H groups in total. The Bertz CT molecular complexity index is 1180. The van der Waals surface area contributed by atoms with Crippen molar-refractivity contribution in [3.8, 4) is 0 Å². The van der Waals surface area contributed by atoms with E-state index in [4.69, 9.17) is 9.47 Å². The van der Waals surface area contributed by atoms with Crippen LogP contribution in [0.2, 0.25) is 0 Å². The minimum atomic E-state index is -0.608. The third-order valence-electron chi connectivity index (χ3n) is 7.02. The number of esters is 2. The third-order valence-corrected chi connectivity index (χ3v) is 7.02. The smallest absolute Gasteiger partial charge is 0.315 e. The molecule has 0 saturated carbocycles. The summed E-state index contributed by atoms with van der Waals surface area (Å²) < 4.78 is 10.9. The van der Waals surface area contributed by atoms with Gasteiger partial charge in [0.05, 0.1) is 19.6 Å². The van der Waals surface area contributed by atoms with Gasteiger partial charge in [-0.15, -0.1) is 0 Å². The number of aromatic nitrogens is 1. The minimum Gasteiger partial charge on any atom is -0.466 e. The van der Waals surface area contributed by atoms with Crippen molar-refractivity contribution >= 4 is 28.5 Å². The highest BCUT2D eigenvalue weighted by Gasteiger charge is 2.58. The van der Waals surface area contributed by atoms with E-state index in [9.17, 15) is 9.59 Å². The van der Waals surface area contributed by atoms with E-state index in [1.165, 1.54) is 5.56 Å². The molecule has 1 spiro atoms. The van der Waals surface area contributed by atoms with Crippen molar-refractivity contribution in [2.45, 2.75) is 50.5 Å². The second-order valence-electron chi connectivity index (χ2n) is 8.54. The summed E-state index contributed by atoms with van der Waals surface area (Å²) in [4.78, 5) is 29.7. The molecule has 0 amide bonds. The van der Waals surface area contributed by atoms with Crippen LogP contribution in [0.3, 0.4) is 0 Å². The van der Waals surface area contributed by atoms with Gasteiger partial charge in [-0.2, -0.15) is 0 Å². The molecular weight excluding hydrogens is 404 g/mol.